The van der Waals surface area contributed by atoms with E-state index in [1.165, 1.54) is 36.5 Å². The van der Waals surface area contributed by atoms with Crippen molar-refractivity contribution in [2.45, 2.75) is 13.1 Å². The molecule has 3 aromatic rings. The number of halogens is 1. The molecular formula is C25H26FN3O6. The third-order valence-corrected chi connectivity index (χ3v) is 5.34. The molecule has 0 fully saturated rings. The minimum Gasteiger partial charge on any atom is -0.467 e. The molecule has 0 radical (unpaired) electrons. The van der Waals surface area contributed by atoms with Gasteiger partial charge >= 0.3 is 6.03 Å². The smallest absolute Gasteiger partial charge is 0.322 e. The van der Waals surface area contributed by atoms with Crippen LogP contribution in [0.15, 0.2) is 65.3 Å². The van der Waals surface area contributed by atoms with Gasteiger partial charge in [0.1, 0.15) is 18.1 Å². The van der Waals surface area contributed by atoms with E-state index >= 15 is 0 Å². The number of urea groups is 1. The lowest BCUT2D eigenvalue weighted by atomic mass is 10.2. The van der Waals surface area contributed by atoms with E-state index in [2.05, 4.69) is 5.32 Å². The molecule has 1 aromatic heterocycles. The number of hydrogen-bond donors (Lipinski definition) is 1. The number of benzene rings is 2. The normalized spacial score (nSPS) is 11.8. The van der Waals surface area contributed by atoms with Gasteiger partial charge in [-0.1, -0.05) is 12.1 Å². The molecule has 4 rings (SSSR count). The van der Waals surface area contributed by atoms with E-state index in [0.717, 1.165) is 5.56 Å². The van der Waals surface area contributed by atoms with Crippen LogP contribution in [-0.2, 0) is 22.6 Å². The van der Waals surface area contributed by atoms with E-state index in [9.17, 15) is 14.0 Å². The number of anilines is 1. The second kappa shape index (κ2) is 11.4. The predicted molar refractivity (Wildman–Crippen MR) is 124 cm³/mol. The first-order chi connectivity index (χ1) is 17.0. The SMILES string of the molecule is COCCN(CC(=O)N(Cc1ccc2c(c1)OCO2)Cc1ccco1)C(=O)Nc1cccc(F)c1. The molecule has 1 aliphatic rings. The molecule has 2 aromatic carbocycles. The highest BCUT2D eigenvalue weighted by atomic mass is 19.1. The van der Waals surface area contributed by atoms with Crippen molar-refractivity contribution in [3.8, 4) is 11.5 Å². The van der Waals surface area contributed by atoms with Crippen LogP contribution < -0.4 is 14.8 Å². The van der Waals surface area contributed by atoms with Crippen LogP contribution in [0, 0.1) is 5.82 Å². The zero-order valence-electron chi connectivity index (χ0n) is 19.2. The number of nitrogens with zero attached hydrogens (tertiary/aromatic N) is 2. The van der Waals surface area contributed by atoms with Crippen molar-refractivity contribution in [2.75, 3.05) is 38.9 Å². The molecule has 0 aliphatic carbocycles. The van der Waals surface area contributed by atoms with Gasteiger partial charge in [-0.15, -0.1) is 0 Å². The fraction of sp³-hybridized carbons (Fsp3) is 0.280. The number of nitrogens with one attached hydrogen (secondary N) is 1. The Bertz CT molecular complexity index is 1150. The molecule has 35 heavy (non-hydrogen) atoms. The maximum Gasteiger partial charge on any atom is 0.322 e. The van der Waals surface area contributed by atoms with Crippen LogP contribution in [0.4, 0.5) is 14.9 Å². The average Bonchev–Trinajstić information content (AvgIpc) is 3.53. The highest BCUT2D eigenvalue weighted by Gasteiger charge is 2.23. The van der Waals surface area contributed by atoms with E-state index in [0.29, 0.717) is 17.3 Å². The van der Waals surface area contributed by atoms with Crippen molar-refractivity contribution in [2.24, 2.45) is 0 Å². The second-order valence-corrected chi connectivity index (χ2v) is 7.87. The highest BCUT2D eigenvalue weighted by molar-refractivity contribution is 5.92. The van der Waals surface area contributed by atoms with Crippen LogP contribution in [0.5, 0.6) is 11.5 Å². The van der Waals surface area contributed by atoms with Crippen molar-refractivity contribution >= 4 is 17.6 Å². The Labute approximate surface area is 202 Å². The second-order valence-electron chi connectivity index (χ2n) is 7.87. The minimum absolute atomic E-state index is 0.155. The standard InChI is InChI=1S/C25H26FN3O6/c1-32-11-9-28(25(31)27-20-5-2-4-19(26)13-20)16-24(30)29(15-21-6-3-10-33-21)14-18-7-8-22-23(12-18)35-17-34-22/h2-8,10,12-13H,9,11,14-17H2,1H3,(H,27,31). The molecule has 0 atom stereocenters. The van der Waals surface area contributed by atoms with Gasteiger partial charge in [0.2, 0.25) is 12.7 Å². The van der Waals surface area contributed by atoms with E-state index < -0.39 is 11.8 Å². The molecule has 0 bridgehead atoms. The summed E-state index contributed by atoms with van der Waals surface area (Å²) in [6.45, 7) is 0.814. The number of rotatable bonds is 10. The summed E-state index contributed by atoms with van der Waals surface area (Å²) in [4.78, 5) is 29.2. The summed E-state index contributed by atoms with van der Waals surface area (Å²) in [5, 5.41) is 2.63. The van der Waals surface area contributed by atoms with Crippen molar-refractivity contribution < 1.29 is 32.6 Å². The Morgan fingerprint density at radius 1 is 1.03 bits per heavy atom. The Kier molecular flexibility index (Phi) is 7.84. The van der Waals surface area contributed by atoms with Crippen molar-refractivity contribution in [3.05, 3.63) is 78.0 Å². The number of carbonyl (C=O) groups excluding carboxylic acids is 2. The van der Waals surface area contributed by atoms with Gasteiger partial charge in [0.25, 0.3) is 0 Å². The lowest BCUT2D eigenvalue weighted by Gasteiger charge is -2.27. The van der Waals surface area contributed by atoms with Crippen LogP contribution in [0.1, 0.15) is 11.3 Å². The number of methoxy groups -OCH3 is 1. The van der Waals surface area contributed by atoms with E-state index in [-0.39, 0.29) is 51.2 Å². The number of furan rings is 1. The number of carbonyl (C=O) groups is 2. The quantitative estimate of drug-likeness (QED) is 0.471. The summed E-state index contributed by atoms with van der Waals surface area (Å²) in [6.07, 6.45) is 1.54. The monoisotopic (exact) mass is 483 g/mol. The van der Waals surface area contributed by atoms with Crippen molar-refractivity contribution in [3.63, 3.8) is 0 Å². The zero-order valence-corrected chi connectivity index (χ0v) is 19.2. The first-order valence-corrected chi connectivity index (χ1v) is 11.0. The first-order valence-electron chi connectivity index (χ1n) is 11.0. The summed E-state index contributed by atoms with van der Waals surface area (Å²) >= 11 is 0. The third-order valence-electron chi connectivity index (χ3n) is 5.34. The summed E-state index contributed by atoms with van der Waals surface area (Å²) in [7, 11) is 1.51. The van der Waals surface area contributed by atoms with Gasteiger partial charge in [0.15, 0.2) is 11.5 Å². The number of fused-ring (bicyclic) bond motifs is 1. The number of ether oxygens (including phenoxy) is 3. The zero-order chi connectivity index (χ0) is 24.6. The van der Waals surface area contributed by atoms with Gasteiger partial charge in [-0.25, -0.2) is 9.18 Å². The molecule has 184 valence electrons. The Hall–Kier alpha value is -4.05. The van der Waals surface area contributed by atoms with Crippen LogP contribution in [0.3, 0.4) is 0 Å². The molecule has 0 unspecified atom stereocenters. The maximum absolute atomic E-state index is 13.5. The van der Waals surface area contributed by atoms with Gasteiger partial charge in [0.05, 0.1) is 19.4 Å². The fourth-order valence-corrected chi connectivity index (χ4v) is 3.57. The predicted octanol–water partition coefficient (Wildman–Crippen LogP) is 3.86. The van der Waals surface area contributed by atoms with Gasteiger partial charge in [-0.3, -0.25) is 4.79 Å². The van der Waals surface area contributed by atoms with Crippen LogP contribution in [0.2, 0.25) is 0 Å². The molecule has 0 saturated carbocycles. The van der Waals surface area contributed by atoms with E-state index in [1.54, 1.807) is 29.2 Å². The van der Waals surface area contributed by atoms with E-state index in [4.69, 9.17) is 18.6 Å². The van der Waals surface area contributed by atoms with Gasteiger partial charge < -0.3 is 33.7 Å². The van der Waals surface area contributed by atoms with Crippen LogP contribution in [0.25, 0.3) is 0 Å². The largest absolute Gasteiger partial charge is 0.467 e. The van der Waals surface area contributed by atoms with Crippen molar-refractivity contribution in [1.29, 1.82) is 0 Å². The maximum atomic E-state index is 13.5. The number of amides is 3. The minimum atomic E-state index is -0.540. The molecule has 9 nitrogen and oxygen atoms in total. The van der Waals surface area contributed by atoms with Crippen LogP contribution in [-0.4, -0.2) is 55.3 Å². The van der Waals surface area contributed by atoms with Crippen LogP contribution >= 0.6 is 0 Å². The lowest BCUT2D eigenvalue weighted by molar-refractivity contribution is -0.133. The van der Waals surface area contributed by atoms with Gasteiger partial charge in [-0.2, -0.15) is 0 Å². The molecule has 0 spiro atoms. The van der Waals surface area contributed by atoms with E-state index in [1.807, 2.05) is 12.1 Å². The third kappa shape index (κ3) is 6.51. The molecule has 2 heterocycles. The molecule has 0 saturated heterocycles. The van der Waals surface area contributed by atoms with Gasteiger partial charge in [-0.05, 0) is 48.0 Å². The highest BCUT2D eigenvalue weighted by Crippen LogP contribution is 2.33. The van der Waals surface area contributed by atoms with Gasteiger partial charge in [0, 0.05) is 25.9 Å². The summed E-state index contributed by atoms with van der Waals surface area (Å²) in [6, 6.07) is 14.0. The Morgan fingerprint density at radius 2 is 1.89 bits per heavy atom. The average molecular weight is 483 g/mol. The topological polar surface area (TPSA) is 93.5 Å². The summed E-state index contributed by atoms with van der Waals surface area (Å²) in [5.74, 6) is 1.09. The summed E-state index contributed by atoms with van der Waals surface area (Å²) in [5.41, 5.74) is 1.12. The molecule has 1 aliphatic heterocycles. The molecule has 1 N–H and O–H groups in total. The molecule has 10 heteroatoms. The Morgan fingerprint density at radius 3 is 2.66 bits per heavy atom. The first kappa shape index (κ1) is 24.1. The Balaban J connectivity index is 1.49. The summed E-state index contributed by atoms with van der Waals surface area (Å²) < 4.78 is 34.9. The van der Waals surface area contributed by atoms with Crippen molar-refractivity contribution in [1.82, 2.24) is 9.80 Å². The number of hydrogen-bond acceptors (Lipinski definition) is 6. The molecular weight excluding hydrogens is 457 g/mol. The lowest BCUT2D eigenvalue weighted by Crippen LogP contribution is -2.45. The fourth-order valence-electron chi connectivity index (χ4n) is 3.57. The molecule has 3 amide bonds.